The Labute approximate surface area is 150 Å². The second-order valence-corrected chi connectivity index (χ2v) is 6.99. The molecule has 0 radical (unpaired) electrons. The molecule has 4 heteroatoms. The average Bonchev–Trinajstić information content (AvgIpc) is 2.56. The molecule has 0 saturated carbocycles. The lowest BCUT2D eigenvalue weighted by atomic mass is 10.1. The molecule has 2 nitrogen and oxygen atoms in total. The van der Waals surface area contributed by atoms with Crippen LogP contribution in [0.1, 0.15) is 12.0 Å². The summed E-state index contributed by atoms with van der Waals surface area (Å²) < 4.78 is 6.79. The van der Waals surface area contributed by atoms with Crippen molar-refractivity contribution >= 4 is 27.5 Å². The van der Waals surface area contributed by atoms with Gasteiger partial charge in [0.2, 0.25) is 0 Å². The van der Waals surface area contributed by atoms with Gasteiger partial charge in [0.15, 0.2) is 0 Å². The predicted octanol–water partition coefficient (Wildman–Crippen LogP) is 5.31. The van der Waals surface area contributed by atoms with E-state index in [0.29, 0.717) is 11.6 Å². The van der Waals surface area contributed by atoms with Gasteiger partial charge >= 0.3 is 0 Å². The van der Waals surface area contributed by atoms with Gasteiger partial charge in [0.05, 0.1) is 4.47 Å². The second-order valence-electron chi connectivity index (χ2n) is 5.70. The zero-order chi connectivity index (χ0) is 16.1. The third kappa shape index (κ3) is 4.84. The zero-order valence-electron chi connectivity index (χ0n) is 12.8. The highest BCUT2D eigenvalue weighted by Crippen LogP contribution is 2.28. The van der Waals surface area contributed by atoms with Crippen molar-refractivity contribution in [3.05, 3.63) is 75.2 Å². The number of halogens is 2. The molecule has 0 aromatic heterocycles. The van der Waals surface area contributed by atoms with Crippen LogP contribution in [0.4, 0.5) is 0 Å². The lowest BCUT2D eigenvalue weighted by Gasteiger charge is -2.26. The third-order valence-corrected chi connectivity index (χ3v) is 4.80. The summed E-state index contributed by atoms with van der Waals surface area (Å²) in [6.07, 6.45) is 3.34. The van der Waals surface area contributed by atoms with Crippen LogP contribution in [-0.4, -0.2) is 24.6 Å². The Hall–Kier alpha value is -1.29. The number of rotatable bonds is 5. The van der Waals surface area contributed by atoms with E-state index in [1.165, 1.54) is 11.1 Å². The smallest absolute Gasteiger partial charge is 0.134 e. The fourth-order valence-corrected chi connectivity index (χ4v) is 3.43. The maximum absolute atomic E-state index is 5.95. The molecule has 0 N–H and O–H groups in total. The van der Waals surface area contributed by atoms with Gasteiger partial charge in [-0.15, -0.1) is 0 Å². The van der Waals surface area contributed by atoms with Crippen molar-refractivity contribution in [1.29, 1.82) is 0 Å². The molecule has 120 valence electrons. The first-order valence-corrected chi connectivity index (χ1v) is 8.90. The van der Waals surface area contributed by atoms with Crippen molar-refractivity contribution in [3.63, 3.8) is 0 Å². The van der Waals surface area contributed by atoms with E-state index in [9.17, 15) is 0 Å². The SMILES string of the molecule is Clc1ccc(OCC2=CCN(Cc3ccccc3)CC2)c(Br)c1. The minimum absolute atomic E-state index is 0.638. The summed E-state index contributed by atoms with van der Waals surface area (Å²) in [6.45, 7) is 3.70. The highest BCUT2D eigenvalue weighted by Gasteiger charge is 2.13. The Bertz CT molecular complexity index is 687. The van der Waals surface area contributed by atoms with Gasteiger partial charge in [-0.2, -0.15) is 0 Å². The molecule has 0 spiro atoms. The molecule has 1 aliphatic heterocycles. The molecule has 0 saturated heterocycles. The van der Waals surface area contributed by atoms with Crippen molar-refractivity contribution in [2.24, 2.45) is 0 Å². The van der Waals surface area contributed by atoms with Crippen LogP contribution in [0.3, 0.4) is 0 Å². The minimum Gasteiger partial charge on any atom is -0.488 e. The van der Waals surface area contributed by atoms with Crippen molar-refractivity contribution < 1.29 is 4.74 Å². The Kier molecular flexibility index (Phi) is 5.76. The summed E-state index contributed by atoms with van der Waals surface area (Å²) in [5.74, 6) is 0.835. The van der Waals surface area contributed by atoms with Gasteiger partial charge in [0.25, 0.3) is 0 Å². The van der Waals surface area contributed by atoms with Crippen LogP contribution in [0, 0.1) is 0 Å². The van der Waals surface area contributed by atoms with Gasteiger partial charge < -0.3 is 4.74 Å². The Morgan fingerprint density at radius 1 is 1.13 bits per heavy atom. The van der Waals surface area contributed by atoms with E-state index in [-0.39, 0.29) is 0 Å². The first-order valence-electron chi connectivity index (χ1n) is 7.73. The lowest BCUT2D eigenvalue weighted by molar-refractivity contribution is 0.270. The van der Waals surface area contributed by atoms with E-state index in [0.717, 1.165) is 36.3 Å². The molecule has 0 bridgehead atoms. The fourth-order valence-electron chi connectivity index (χ4n) is 2.63. The van der Waals surface area contributed by atoms with Crippen molar-refractivity contribution in [2.75, 3.05) is 19.7 Å². The molecule has 2 aromatic rings. The quantitative estimate of drug-likeness (QED) is 0.639. The van der Waals surface area contributed by atoms with Crippen LogP contribution in [-0.2, 0) is 6.54 Å². The largest absolute Gasteiger partial charge is 0.488 e. The van der Waals surface area contributed by atoms with Gasteiger partial charge in [-0.25, -0.2) is 0 Å². The molecule has 23 heavy (non-hydrogen) atoms. The van der Waals surface area contributed by atoms with E-state index in [2.05, 4.69) is 57.2 Å². The van der Waals surface area contributed by atoms with Crippen LogP contribution in [0.2, 0.25) is 5.02 Å². The Balaban J connectivity index is 1.51. The van der Waals surface area contributed by atoms with E-state index in [1.807, 2.05) is 18.2 Å². The molecule has 0 atom stereocenters. The van der Waals surface area contributed by atoms with Gasteiger partial charge in [0, 0.05) is 24.7 Å². The molecule has 1 aliphatic rings. The maximum Gasteiger partial charge on any atom is 0.134 e. The fraction of sp³-hybridized carbons (Fsp3) is 0.263. The second kappa shape index (κ2) is 8.00. The van der Waals surface area contributed by atoms with Crippen LogP contribution in [0.5, 0.6) is 5.75 Å². The molecule has 0 unspecified atom stereocenters. The van der Waals surface area contributed by atoms with E-state index < -0.39 is 0 Å². The van der Waals surface area contributed by atoms with Gasteiger partial charge in [-0.05, 0) is 51.7 Å². The molecule has 2 aromatic carbocycles. The first-order chi connectivity index (χ1) is 11.2. The normalized spacial score (nSPS) is 15.3. The first kappa shape index (κ1) is 16.6. The summed E-state index contributed by atoms with van der Waals surface area (Å²) in [6, 6.07) is 16.2. The van der Waals surface area contributed by atoms with Crippen LogP contribution in [0.15, 0.2) is 64.7 Å². The highest BCUT2D eigenvalue weighted by atomic mass is 79.9. The summed E-state index contributed by atoms with van der Waals surface area (Å²) in [7, 11) is 0. The van der Waals surface area contributed by atoms with E-state index in [1.54, 1.807) is 0 Å². The minimum atomic E-state index is 0.638. The van der Waals surface area contributed by atoms with Crippen molar-refractivity contribution in [1.82, 2.24) is 4.90 Å². The molecule has 3 rings (SSSR count). The van der Waals surface area contributed by atoms with Gasteiger partial charge in [-0.1, -0.05) is 48.0 Å². The maximum atomic E-state index is 5.95. The number of hydrogen-bond acceptors (Lipinski definition) is 2. The number of nitrogens with zero attached hydrogens (tertiary/aromatic N) is 1. The van der Waals surface area contributed by atoms with E-state index >= 15 is 0 Å². The lowest BCUT2D eigenvalue weighted by Crippen LogP contribution is -2.29. The molecular weight excluding hydrogens is 374 g/mol. The molecule has 0 fully saturated rings. The molecule has 0 aliphatic carbocycles. The molecular formula is C19H19BrClNO. The zero-order valence-corrected chi connectivity index (χ0v) is 15.2. The summed E-state index contributed by atoms with van der Waals surface area (Å²) in [4.78, 5) is 2.46. The number of benzene rings is 2. The third-order valence-electron chi connectivity index (χ3n) is 3.94. The van der Waals surface area contributed by atoms with Crippen molar-refractivity contribution in [2.45, 2.75) is 13.0 Å². The standard InChI is InChI=1S/C19H19BrClNO/c20-18-12-17(21)6-7-19(18)23-14-16-8-10-22(11-9-16)13-15-4-2-1-3-5-15/h1-8,12H,9-11,13-14H2. The van der Waals surface area contributed by atoms with Crippen LogP contribution < -0.4 is 4.74 Å². The summed E-state index contributed by atoms with van der Waals surface area (Å²) in [5.41, 5.74) is 2.72. The topological polar surface area (TPSA) is 12.5 Å². The average molecular weight is 393 g/mol. The van der Waals surface area contributed by atoms with Crippen LogP contribution >= 0.6 is 27.5 Å². The molecule has 1 heterocycles. The van der Waals surface area contributed by atoms with Gasteiger partial charge in [-0.3, -0.25) is 4.90 Å². The Morgan fingerprint density at radius 2 is 1.96 bits per heavy atom. The van der Waals surface area contributed by atoms with Crippen molar-refractivity contribution in [3.8, 4) is 5.75 Å². The molecule has 0 amide bonds. The Morgan fingerprint density at radius 3 is 2.65 bits per heavy atom. The number of hydrogen-bond donors (Lipinski definition) is 0. The van der Waals surface area contributed by atoms with Crippen LogP contribution in [0.25, 0.3) is 0 Å². The van der Waals surface area contributed by atoms with E-state index in [4.69, 9.17) is 16.3 Å². The van der Waals surface area contributed by atoms with Gasteiger partial charge in [0.1, 0.15) is 12.4 Å². The number of ether oxygens (including phenoxy) is 1. The predicted molar refractivity (Wildman–Crippen MR) is 99.1 cm³/mol. The summed E-state index contributed by atoms with van der Waals surface area (Å²) >= 11 is 9.43. The summed E-state index contributed by atoms with van der Waals surface area (Å²) in [5, 5.41) is 0.706. The monoisotopic (exact) mass is 391 g/mol. The highest BCUT2D eigenvalue weighted by molar-refractivity contribution is 9.10.